The maximum atomic E-state index is 13.1. The Hall–Kier alpha value is -1.13. The van der Waals surface area contributed by atoms with Crippen LogP contribution < -0.4 is 10.5 Å². The maximum absolute atomic E-state index is 13.1. The molecule has 0 aliphatic heterocycles. The zero-order chi connectivity index (χ0) is 12.3. The van der Waals surface area contributed by atoms with Crippen LogP contribution in [0.4, 0.5) is 4.39 Å². The lowest BCUT2D eigenvalue weighted by Crippen LogP contribution is -2.26. The summed E-state index contributed by atoms with van der Waals surface area (Å²) in [6.07, 6.45) is -1.02. The van der Waals surface area contributed by atoms with Crippen LogP contribution in [-0.2, 0) is 0 Å². The molecule has 0 aromatic heterocycles. The van der Waals surface area contributed by atoms with Crippen molar-refractivity contribution < 1.29 is 14.2 Å². The van der Waals surface area contributed by atoms with Gasteiger partial charge in [-0.2, -0.15) is 0 Å². The van der Waals surface area contributed by atoms with Gasteiger partial charge in [-0.15, -0.1) is 0 Å². The van der Waals surface area contributed by atoms with Crippen molar-refractivity contribution in [1.29, 1.82) is 0 Å². The highest BCUT2D eigenvalue weighted by Crippen LogP contribution is 2.26. The zero-order valence-electron chi connectivity index (χ0n) is 9.77. The van der Waals surface area contributed by atoms with Gasteiger partial charge in [-0.25, -0.2) is 4.39 Å². The molecule has 0 spiro atoms. The number of halogens is 1. The molecule has 90 valence electrons. The molecule has 3 atom stereocenters. The second-order valence-electron chi connectivity index (χ2n) is 4.03. The molecular weight excluding hydrogens is 209 g/mol. The van der Waals surface area contributed by atoms with Gasteiger partial charge in [0.05, 0.1) is 6.10 Å². The highest BCUT2D eigenvalue weighted by atomic mass is 19.1. The summed E-state index contributed by atoms with van der Waals surface area (Å²) in [6.45, 7) is 5.14. The number of ether oxygens (including phenoxy) is 1. The molecule has 4 heteroatoms. The third-order valence-corrected chi connectivity index (χ3v) is 2.46. The van der Waals surface area contributed by atoms with Crippen LogP contribution in [0.1, 0.15) is 32.4 Å². The van der Waals surface area contributed by atoms with Gasteiger partial charge in [0, 0.05) is 17.7 Å². The number of aliphatic hydroxyl groups excluding tert-OH is 1. The second-order valence-corrected chi connectivity index (χ2v) is 4.03. The van der Waals surface area contributed by atoms with E-state index >= 15 is 0 Å². The van der Waals surface area contributed by atoms with Gasteiger partial charge in [-0.1, -0.05) is 6.07 Å². The first-order valence-electron chi connectivity index (χ1n) is 5.31. The summed E-state index contributed by atoms with van der Waals surface area (Å²) in [5.74, 6) is 0.0144. The quantitative estimate of drug-likeness (QED) is 0.827. The third-order valence-electron chi connectivity index (χ3n) is 2.46. The van der Waals surface area contributed by atoms with Crippen molar-refractivity contribution in [2.24, 2.45) is 5.73 Å². The summed E-state index contributed by atoms with van der Waals surface area (Å²) in [7, 11) is 0. The lowest BCUT2D eigenvalue weighted by molar-refractivity contribution is 0.0594. The number of hydrogen-bond acceptors (Lipinski definition) is 3. The van der Waals surface area contributed by atoms with Gasteiger partial charge in [-0.3, -0.25) is 0 Å². The summed E-state index contributed by atoms with van der Waals surface area (Å²) in [5.41, 5.74) is 6.48. The predicted molar refractivity (Wildman–Crippen MR) is 60.8 cm³/mol. The van der Waals surface area contributed by atoms with E-state index < -0.39 is 12.2 Å². The summed E-state index contributed by atoms with van der Waals surface area (Å²) in [6, 6.07) is 4.00. The summed E-state index contributed by atoms with van der Waals surface area (Å²) in [4.78, 5) is 0. The number of rotatable bonds is 4. The molecule has 1 aromatic rings. The summed E-state index contributed by atoms with van der Waals surface area (Å²) in [5, 5.41) is 9.33. The van der Waals surface area contributed by atoms with Crippen LogP contribution in [0, 0.1) is 5.82 Å². The summed E-state index contributed by atoms with van der Waals surface area (Å²) < 4.78 is 18.6. The standard InChI is InChI=1S/C12H18FNO2/c1-7(14)11-5-4-10(13)6-12(11)16-9(3)8(2)15/h4-9,15H,14H2,1-3H3. The number of hydrogen-bond donors (Lipinski definition) is 2. The van der Waals surface area contributed by atoms with Crippen LogP contribution >= 0.6 is 0 Å². The molecule has 0 saturated carbocycles. The smallest absolute Gasteiger partial charge is 0.127 e. The number of benzene rings is 1. The second kappa shape index (κ2) is 5.27. The minimum absolute atomic E-state index is 0.239. The number of nitrogens with two attached hydrogens (primary N) is 1. The Morgan fingerprint density at radius 2 is 1.94 bits per heavy atom. The van der Waals surface area contributed by atoms with E-state index in [1.807, 2.05) is 0 Å². The van der Waals surface area contributed by atoms with Crippen LogP contribution in [0.25, 0.3) is 0 Å². The van der Waals surface area contributed by atoms with Crippen LogP contribution in [0.5, 0.6) is 5.75 Å². The van der Waals surface area contributed by atoms with Crippen molar-refractivity contribution in [3.8, 4) is 5.75 Å². The van der Waals surface area contributed by atoms with Crippen molar-refractivity contribution in [3.05, 3.63) is 29.6 Å². The lowest BCUT2D eigenvalue weighted by Gasteiger charge is -2.20. The minimum Gasteiger partial charge on any atom is -0.488 e. The summed E-state index contributed by atoms with van der Waals surface area (Å²) >= 11 is 0. The topological polar surface area (TPSA) is 55.5 Å². The predicted octanol–water partition coefficient (Wildman–Crippen LogP) is 1.99. The Labute approximate surface area is 95.0 Å². The first kappa shape index (κ1) is 12.9. The van der Waals surface area contributed by atoms with E-state index in [-0.39, 0.29) is 11.9 Å². The fourth-order valence-electron chi connectivity index (χ4n) is 1.29. The Morgan fingerprint density at radius 3 is 2.44 bits per heavy atom. The van der Waals surface area contributed by atoms with Crippen molar-refractivity contribution in [1.82, 2.24) is 0 Å². The Kier molecular flexibility index (Phi) is 4.26. The van der Waals surface area contributed by atoms with Crippen LogP contribution in [-0.4, -0.2) is 17.3 Å². The molecule has 0 fully saturated rings. The molecule has 3 unspecified atom stereocenters. The minimum atomic E-state index is -0.621. The van der Waals surface area contributed by atoms with Gasteiger partial charge >= 0.3 is 0 Å². The molecule has 0 bridgehead atoms. The highest BCUT2D eigenvalue weighted by molar-refractivity contribution is 5.36. The molecule has 1 aromatic carbocycles. The molecule has 3 N–H and O–H groups in total. The largest absolute Gasteiger partial charge is 0.488 e. The van der Waals surface area contributed by atoms with Crippen LogP contribution in [0.3, 0.4) is 0 Å². The van der Waals surface area contributed by atoms with Gasteiger partial charge in [0.2, 0.25) is 0 Å². The highest BCUT2D eigenvalue weighted by Gasteiger charge is 2.15. The van der Waals surface area contributed by atoms with Gasteiger partial charge in [-0.05, 0) is 26.8 Å². The Balaban J connectivity index is 2.96. The average Bonchev–Trinajstić information content (AvgIpc) is 2.16. The molecule has 0 aliphatic carbocycles. The van der Waals surface area contributed by atoms with Gasteiger partial charge in [0.15, 0.2) is 0 Å². The van der Waals surface area contributed by atoms with Crippen molar-refractivity contribution in [2.45, 2.75) is 39.0 Å². The van der Waals surface area contributed by atoms with E-state index in [2.05, 4.69) is 0 Å². The Bertz CT molecular complexity index is 353. The molecular formula is C12H18FNO2. The normalized spacial score (nSPS) is 16.6. The fourth-order valence-corrected chi connectivity index (χ4v) is 1.29. The van der Waals surface area contributed by atoms with E-state index in [9.17, 15) is 9.50 Å². The van der Waals surface area contributed by atoms with Crippen molar-refractivity contribution >= 4 is 0 Å². The maximum Gasteiger partial charge on any atom is 0.127 e. The first-order chi connectivity index (χ1) is 7.41. The number of aliphatic hydroxyl groups is 1. The van der Waals surface area contributed by atoms with E-state index in [1.54, 1.807) is 26.8 Å². The molecule has 0 aliphatic rings. The monoisotopic (exact) mass is 227 g/mol. The van der Waals surface area contributed by atoms with Gasteiger partial charge in [0.1, 0.15) is 17.7 Å². The van der Waals surface area contributed by atoms with E-state index in [0.29, 0.717) is 5.75 Å². The van der Waals surface area contributed by atoms with Crippen LogP contribution in [0.2, 0.25) is 0 Å². The molecule has 0 radical (unpaired) electrons. The Morgan fingerprint density at radius 1 is 1.31 bits per heavy atom. The first-order valence-corrected chi connectivity index (χ1v) is 5.31. The molecule has 1 rings (SSSR count). The van der Waals surface area contributed by atoms with Crippen molar-refractivity contribution in [3.63, 3.8) is 0 Å². The third kappa shape index (κ3) is 3.18. The molecule has 0 saturated heterocycles. The van der Waals surface area contributed by atoms with Gasteiger partial charge in [0.25, 0.3) is 0 Å². The van der Waals surface area contributed by atoms with E-state index in [0.717, 1.165) is 5.56 Å². The molecule has 0 amide bonds. The van der Waals surface area contributed by atoms with Gasteiger partial charge < -0.3 is 15.6 Å². The lowest BCUT2D eigenvalue weighted by atomic mass is 10.1. The SMILES string of the molecule is CC(N)c1ccc(F)cc1OC(C)C(C)O. The van der Waals surface area contributed by atoms with E-state index in [1.165, 1.54) is 12.1 Å². The fraction of sp³-hybridized carbons (Fsp3) is 0.500. The molecule has 3 nitrogen and oxygen atoms in total. The average molecular weight is 227 g/mol. The molecule has 16 heavy (non-hydrogen) atoms. The van der Waals surface area contributed by atoms with Crippen molar-refractivity contribution in [2.75, 3.05) is 0 Å². The van der Waals surface area contributed by atoms with E-state index in [4.69, 9.17) is 10.5 Å². The zero-order valence-corrected chi connectivity index (χ0v) is 9.77. The molecule has 0 heterocycles. The van der Waals surface area contributed by atoms with Crippen LogP contribution in [0.15, 0.2) is 18.2 Å².